The van der Waals surface area contributed by atoms with Gasteiger partial charge in [-0.3, -0.25) is 4.90 Å². The Bertz CT molecular complexity index is 1400. The van der Waals surface area contributed by atoms with E-state index in [1.807, 2.05) is 61.5 Å². The van der Waals surface area contributed by atoms with Gasteiger partial charge < -0.3 is 14.6 Å². The molecule has 2 amide bonds. The van der Waals surface area contributed by atoms with Crippen molar-refractivity contribution in [3.05, 3.63) is 107 Å². The zero-order valence-corrected chi connectivity index (χ0v) is 19.2. The average Bonchev–Trinajstić information content (AvgIpc) is 3.37. The van der Waals surface area contributed by atoms with Gasteiger partial charge in [0.25, 0.3) is 5.89 Å². The fraction of sp³-hybridized carbons (Fsp3) is 0.148. The van der Waals surface area contributed by atoms with Crippen LogP contribution in [0.15, 0.2) is 89.1 Å². The zero-order chi connectivity index (χ0) is 24.4. The van der Waals surface area contributed by atoms with Gasteiger partial charge in [0.15, 0.2) is 0 Å². The number of para-hydroxylation sites is 1. The standard InChI is InChI=1S/C27H23FN4O3/c1-17-23(26-30-25(31-35-26)19-12-8-13-21(28)15-19)24(18-9-4-3-5-10-18)29-27(33)32(17)16-20-11-6-7-14-22(20)34-2/h3-15,24H,16H2,1-2H3,(H,29,33). The van der Waals surface area contributed by atoms with Crippen LogP contribution >= 0.6 is 0 Å². The first kappa shape index (κ1) is 22.3. The molecule has 2 heterocycles. The molecule has 1 atom stereocenters. The highest BCUT2D eigenvalue weighted by atomic mass is 19.1. The lowest BCUT2D eigenvalue weighted by atomic mass is 9.94. The van der Waals surface area contributed by atoms with E-state index in [-0.39, 0.29) is 30.1 Å². The Kier molecular flexibility index (Phi) is 6.01. The molecule has 0 spiro atoms. The number of carbonyl (C=O) groups is 1. The number of nitrogens with one attached hydrogen (secondary N) is 1. The predicted molar refractivity (Wildman–Crippen MR) is 129 cm³/mol. The number of ether oxygens (including phenoxy) is 1. The van der Waals surface area contributed by atoms with E-state index in [2.05, 4.69) is 15.5 Å². The van der Waals surface area contributed by atoms with E-state index < -0.39 is 6.04 Å². The molecule has 1 N–H and O–H groups in total. The van der Waals surface area contributed by atoms with Gasteiger partial charge >= 0.3 is 6.03 Å². The number of carbonyl (C=O) groups excluding carboxylic acids is 1. The largest absolute Gasteiger partial charge is 0.496 e. The number of halogens is 1. The third kappa shape index (κ3) is 4.38. The maximum atomic E-state index is 13.8. The van der Waals surface area contributed by atoms with Crippen LogP contribution in [0.25, 0.3) is 17.0 Å². The van der Waals surface area contributed by atoms with Gasteiger partial charge in [-0.25, -0.2) is 9.18 Å². The van der Waals surface area contributed by atoms with Crippen molar-refractivity contribution in [3.63, 3.8) is 0 Å². The van der Waals surface area contributed by atoms with Gasteiger partial charge in [0.05, 0.1) is 25.3 Å². The van der Waals surface area contributed by atoms with E-state index in [0.29, 0.717) is 22.6 Å². The lowest BCUT2D eigenvalue weighted by molar-refractivity contribution is 0.202. The second-order valence-corrected chi connectivity index (χ2v) is 8.12. The van der Waals surface area contributed by atoms with Crippen LogP contribution in [0.5, 0.6) is 5.75 Å². The summed E-state index contributed by atoms with van der Waals surface area (Å²) in [4.78, 5) is 19.5. The maximum absolute atomic E-state index is 13.8. The van der Waals surface area contributed by atoms with Crippen LogP contribution in [0.4, 0.5) is 9.18 Å². The highest BCUT2D eigenvalue weighted by Crippen LogP contribution is 2.38. The number of hydrogen-bond donors (Lipinski definition) is 1. The van der Waals surface area contributed by atoms with Crippen molar-refractivity contribution in [1.82, 2.24) is 20.4 Å². The van der Waals surface area contributed by atoms with Gasteiger partial charge in [-0.2, -0.15) is 4.98 Å². The monoisotopic (exact) mass is 470 g/mol. The number of nitrogens with zero attached hydrogens (tertiary/aromatic N) is 3. The summed E-state index contributed by atoms with van der Waals surface area (Å²) in [7, 11) is 1.60. The molecule has 0 radical (unpaired) electrons. The molecule has 176 valence electrons. The van der Waals surface area contributed by atoms with Crippen molar-refractivity contribution in [1.29, 1.82) is 0 Å². The number of methoxy groups -OCH3 is 1. The number of aromatic nitrogens is 2. The van der Waals surface area contributed by atoms with Gasteiger partial charge in [-0.05, 0) is 30.7 Å². The van der Waals surface area contributed by atoms with Crippen molar-refractivity contribution in [2.45, 2.75) is 19.5 Å². The Hall–Kier alpha value is -4.46. The zero-order valence-electron chi connectivity index (χ0n) is 19.2. The van der Waals surface area contributed by atoms with Crippen molar-refractivity contribution >= 4 is 11.6 Å². The lowest BCUT2D eigenvalue weighted by Gasteiger charge is -2.35. The quantitative estimate of drug-likeness (QED) is 0.398. The summed E-state index contributed by atoms with van der Waals surface area (Å²) in [5.74, 6) is 0.811. The third-order valence-corrected chi connectivity index (χ3v) is 5.99. The Labute approximate surface area is 201 Å². The molecule has 0 aliphatic carbocycles. The number of hydrogen-bond acceptors (Lipinski definition) is 5. The molecule has 1 unspecified atom stereocenters. The summed E-state index contributed by atoms with van der Waals surface area (Å²) < 4.78 is 24.9. The van der Waals surface area contributed by atoms with Crippen LogP contribution in [0.1, 0.15) is 30.0 Å². The minimum atomic E-state index is -0.501. The topological polar surface area (TPSA) is 80.5 Å². The third-order valence-electron chi connectivity index (χ3n) is 5.99. The average molecular weight is 471 g/mol. The molecule has 0 bridgehead atoms. The maximum Gasteiger partial charge on any atom is 0.322 e. The Morgan fingerprint density at radius 2 is 1.83 bits per heavy atom. The molecule has 1 aromatic heterocycles. The highest BCUT2D eigenvalue weighted by molar-refractivity contribution is 5.87. The Balaban J connectivity index is 1.60. The van der Waals surface area contributed by atoms with Crippen molar-refractivity contribution in [3.8, 4) is 17.1 Å². The van der Waals surface area contributed by atoms with Gasteiger partial charge in [0.2, 0.25) is 5.82 Å². The van der Waals surface area contributed by atoms with Crippen LogP contribution in [0, 0.1) is 5.82 Å². The van der Waals surface area contributed by atoms with Crippen molar-refractivity contribution in [2.24, 2.45) is 0 Å². The second kappa shape index (κ2) is 9.42. The highest BCUT2D eigenvalue weighted by Gasteiger charge is 2.36. The molecule has 0 saturated heterocycles. The lowest BCUT2D eigenvalue weighted by Crippen LogP contribution is -2.45. The molecule has 5 rings (SSSR count). The summed E-state index contributed by atoms with van der Waals surface area (Å²) in [6.07, 6.45) is 0. The molecule has 0 saturated carbocycles. The van der Waals surface area contributed by atoms with E-state index in [4.69, 9.17) is 9.26 Å². The van der Waals surface area contributed by atoms with E-state index in [0.717, 1.165) is 11.1 Å². The first-order chi connectivity index (χ1) is 17.0. The molecule has 3 aromatic carbocycles. The van der Waals surface area contributed by atoms with E-state index >= 15 is 0 Å². The van der Waals surface area contributed by atoms with E-state index in [1.54, 1.807) is 24.1 Å². The smallest absolute Gasteiger partial charge is 0.322 e. The Morgan fingerprint density at radius 1 is 1.06 bits per heavy atom. The molecule has 8 heteroatoms. The molecular formula is C27H23FN4O3. The number of urea groups is 1. The van der Waals surface area contributed by atoms with Crippen molar-refractivity contribution < 1.29 is 18.4 Å². The summed E-state index contributed by atoms with van der Waals surface area (Å²) in [6.45, 7) is 2.14. The van der Waals surface area contributed by atoms with Crippen LogP contribution in [0.2, 0.25) is 0 Å². The minimum Gasteiger partial charge on any atom is -0.496 e. The molecule has 7 nitrogen and oxygen atoms in total. The van der Waals surface area contributed by atoms with Crippen LogP contribution < -0.4 is 10.1 Å². The first-order valence-electron chi connectivity index (χ1n) is 11.1. The fourth-order valence-corrected chi connectivity index (χ4v) is 4.23. The molecule has 4 aromatic rings. The first-order valence-corrected chi connectivity index (χ1v) is 11.1. The van der Waals surface area contributed by atoms with Crippen LogP contribution in [-0.2, 0) is 6.54 Å². The van der Waals surface area contributed by atoms with Gasteiger partial charge in [-0.15, -0.1) is 0 Å². The number of benzene rings is 3. The number of amides is 2. The predicted octanol–water partition coefficient (Wildman–Crippen LogP) is 5.58. The minimum absolute atomic E-state index is 0.251. The molecule has 1 aliphatic heterocycles. The SMILES string of the molecule is COc1ccccc1CN1C(=O)NC(c2ccccc2)C(c2nc(-c3cccc(F)c3)no2)=C1C. The molecule has 35 heavy (non-hydrogen) atoms. The van der Waals surface area contributed by atoms with Crippen LogP contribution in [-0.4, -0.2) is 28.2 Å². The van der Waals surface area contributed by atoms with Gasteiger partial charge in [0, 0.05) is 16.8 Å². The van der Waals surface area contributed by atoms with Gasteiger partial charge in [-0.1, -0.05) is 65.8 Å². The van der Waals surface area contributed by atoms with Gasteiger partial charge in [0.1, 0.15) is 11.6 Å². The molecule has 1 aliphatic rings. The van der Waals surface area contributed by atoms with E-state index in [9.17, 15) is 9.18 Å². The summed E-state index contributed by atoms with van der Waals surface area (Å²) >= 11 is 0. The second-order valence-electron chi connectivity index (χ2n) is 8.12. The summed E-state index contributed by atoms with van der Waals surface area (Å²) in [5.41, 5.74) is 3.56. The number of rotatable bonds is 6. The van der Waals surface area contributed by atoms with Crippen molar-refractivity contribution in [2.75, 3.05) is 7.11 Å². The van der Waals surface area contributed by atoms with E-state index in [1.165, 1.54) is 12.1 Å². The summed E-state index contributed by atoms with van der Waals surface area (Å²) in [6, 6.07) is 22.4. The molecule has 0 fully saturated rings. The number of allylic oxidation sites excluding steroid dienone is 1. The van der Waals surface area contributed by atoms with Crippen LogP contribution in [0.3, 0.4) is 0 Å². The fourth-order valence-electron chi connectivity index (χ4n) is 4.23. The Morgan fingerprint density at radius 3 is 2.60 bits per heavy atom. The molecular weight excluding hydrogens is 447 g/mol. The summed E-state index contributed by atoms with van der Waals surface area (Å²) in [5, 5.41) is 7.16. The normalized spacial score (nSPS) is 15.8.